The van der Waals surface area contributed by atoms with Crippen molar-refractivity contribution in [2.45, 2.75) is 39.3 Å². The standard InChI is InChI=1S/C11H16ClN3O2/c1-7(10(16)17-11(2,3)4)14-9-6-13-5-8(12)15-9/h5-7H,1-4H3,(H,14,15)/t7-/m1/s1. The zero-order valence-electron chi connectivity index (χ0n) is 10.3. The number of aromatic nitrogens is 2. The van der Waals surface area contributed by atoms with Crippen molar-refractivity contribution in [3.63, 3.8) is 0 Å². The van der Waals surface area contributed by atoms with E-state index in [1.807, 2.05) is 20.8 Å². The number of carbonyl (C=O) groups is 1. The molecular formula is C11H16ClN3O2. The molecule has 1 atom stereocenters. The minimum absolute atomic E-state index is 0.270. The molecule has 0 spiro atoms. The number of ether oxygens (including phenoxy) is 1. The van der Waals surface area contributed by atoms with Gasteiger partial charge in [-0.1, -0.05) is 11.6 Å². The average Bonchev–Trinajstić information content (AvgIpc) is 2.14. The molecule has 0 saturated heterocycles. The number of halogens is 1. The van der Waals surface area contributed by atoms with Gasteiger partial charge in [-0.15, -0.1) is 0 Å². The summed E-state index contributed by atoms with van der Waals surface area (Å²) < 4.78 is 5.22. The molecule has 0 fully saturated rings. The van der Waals surface area contributed by atoms with Crippen LogP contribution in [0.3, 0.4) is 0 Å². The zero-order valence-corrected chi connectivity index (χ0v) is 11.1. The number of nitrogens with one attached hydrogen (secondary N) is 1. The Labute approximate surface area is 106 Å². The second-order valence-electron chi connectivity index (χ2n) is 4.63. The lowest BCUT2D eigenvalue weighted by Crippen LogP contribution is -2.34. The van der Waals surface area contributed by atoms with Crippen molar-refractivity contribution in [3.8, 4) is 0 Å². The maximum atomic E-state index is 11.7. The number of hydrogen-bond acceptors (Lipinski definition) is 5. The van der Waals surface area contributed by atoms with Crippen molar-refractivity contribution in [3.05, 3.63) is 17.5 Å². The van der Waals surface area contributed by atoms with Gasteiger partial charge in [-0.05, 0) is 27.7 Å². The fourth-order valence-corrected chi connectivity index (χ4v) is 1.23. The molecule has 0 radical (unpaired) electrons. The molecule has 0 aliphatic rings. The molecule has 0 bridgehead atoms. The van der Waals surface area contributed by atoms with E-state index in [4.69, 9.17) is 16.3 Å². The number of hydrogen-bond donors (Lipinski definition) is 1. The van der Waals surface area contributed by atoms with Gasteiger partial charge in [0.2, 0.25) is 0 Å². The molecule has 6 heteroatoms. The fourth-order valence-electron chi connectivity index (χ4n) is 1.08. The maximum Gasteiger partial charge on any atom is 0.328 e. The summed E-state index contributed by atoms with van der Waals surface area (Å²) in [6.45, 7) is 7.14. The first kappa shape index (κ1) is 13.7. The van der Waals surface area contributed by atoms with Crippen LogP contribution < -0.4 is 5.32 Å². The molecule has 0 unspecified atom stereocenters. The van der Waals surface area contributed by atoms with Gasteiger partial charge in [0, 0.05) is 0 Å². The molecule has 1 rings (SSSR count). The summed E-state index contributed by atoms with van der Waals surface area (Å²) in [4.78, 5) is 19.5. The van der Waals surface area contributed by atoms with Gasteiger partial charge < -0.3 is 10.1 Å². The third kappa shape index (κ3) is 4.99. The number of nitrogens with zero attached hydrogens (tertiary/aromatic N) is 2. The van der Waals surface area contributed by atoms with Crippen molar-refractivity contribution in [2.75, 3.05) is 5.32 Å². The van der Waals surface area contributed by atoms with Gasteiger partial charge in [0.15, 0.2) is 0 Å². The Bertz CT molecular complexity index is 404. The van der Waals surface area contributed by atoms with Gasteiger partial charge in [-0.3, -0.25) is 4.98 Å². The minimum atomic E-state index is -0.512. The predicted octanol–water partition coefficient (Wildman–Crippen LogP) is 2.27. The summed E-state index contributed by atoms with van der Waals surface area (Å²) in [5, 5.41) is 3.14. The van der Waals surface area contributed by atoms with E-state index in [9.17, 15) is 4.79 Å². The van der Waals surface area contributed by atoms with Gasteiger partial charge in [0.25, 0.3) is 0 Å². The molecule has 1 heterocycles. The monoisotopic (exact) mass is 257 g/mol. The van der Waals surface area contributed by atoms with Crippen LogP contribution in [-0.4, -0.2) is 27.6 Å². The number of esters is 1. The smallest absolute Gasteiger partial charge is 0.328 e. The molecule has 0 aromatic carbocycles. The van der Waals surface area contributed by atoms with E-state index in [0.717, 1.165) is 0 Å². The highest BCUT2D eigenvalue weighted by molar-refractivity contribution is 6.29. The lowest BCUT2D eigenvalue weighted by atomic mass is 10.2. The van der Waals surface area contributed by atoms with Crippen molar-refractivity contribution in [1.29, 1.82) is 0 Å². The quantitative estimate of drug-likeness (QED) is 0.842. The largest absolute Gasteiger partial charge is 0.458 e. The fraction of sp³-hybridized carbons (Fsp3) is 0.545. The van der Waals surface area contributed by atoms with Crippen LogP contribution in [0.15, 0.2) is 12.4 Å². The van der Waals surface area contributed by atoms with Gasteiger partial charge in [0.1, 0.15) is 22.6 Å². The second-order valence-corrected chi connectivity index (χ2v) is 5.01. The first-order chi connectivity index (χ1) is 7.78. The van der Waals surface area contributed by atoms with Crippen LogP contribution in [0, 0.1) is 0 Å². The lowest BCUT2D eigenvalue weighted by Gasteiger charge is -2.22. The molecule has 0 amide bonds. The lowest BCUT2D eigenvalue weighted by molar-refractivity contribution is -0.155. The van der Waals surface area contributed by atoms with Gasteiger partial charge in [-0.2, -0.15) is 0 Å². The molecule has 1 aromatic heterocycles. The third-order valence-corrected chi connectivity index (χ3v) is 1.91. The third-order valence-electron chi connectivity index (χ3n) is 1.73. The maximum absolute atomic E-state index is 11.7. The topological polar surface area (TPSA) is 64.1 Å². The number of rotatable bonds is 3. The Balaban J connectivity index is 2.60. The highest BCUT2D eigenvalue weighted by atomic mass is 35.5. The first-order valence-corrected chi connectivity index (χ1v) is 5.62. The van der Waals surface area contributed by atoms with E-state index in [1.165, 1.54) is 12.4 Å². The highest BCUT2D eigenvalue weighted by Gasteiger charge is 2.21. The van der Waals surface area contributed by atoms with Crippen molar-refractivity contribution in [1.82, 2.24) is 9.97 Å². The Kier molecular flexibility index (Phi) is 4.28. The van der Waals surface area contributed by atoms with E-state index in [1.54, 1.807) is 6.92 Å². The highest BCUT2D eigenvalue weighted by Crippen LogP contribution is 2.12. The minimum Gasteiger partial charge on any atom is -0.458 e. The van der Waals surface area contributed by atoms with Crippen molar-refractivity contribution >= 4 is 23.4 Å². The van der Waals surface area contributed by atoms with Crippen LogP contribution in [0.1, 0.15) is 27.7 Å². The molecule has 0 saturated carbocycles. The Morgan fingerprint density at radius 1 is 1.47 bits per heavy atom. The van der Waals surface area contributed by atoms with E-state index in [-0.39, 0.29) is 11.1 Å². The normalized spacial score (nSPS) is 13.0. The Morgan fingerprint density at radius 3 is 2.65 bits per heavy atom. The number of carbonyl (C=O) groups excluding carboxylic acids is 1. The van der Waals surface area contributed by atoms with Gasteiger partial charge >= 0.3 is 5.97 Å². The summed E-state index contributed by atoms with van der Waals surface area (Å²) in [5.41, 5.74) is -0.507. The SMILES string of the molecule is C[C@@H](Nc1cncc(Cl)n1)C(=O)OC(C)(C)C. The Morgan fingerprint density at radius 2 is 2.12 bits per heavy atom. The van der Waals surface area contributed by atoms with Crippen LogP contribution in [0.5, 0.6) is 0 Å². The summed E-state index contributed by atoms with van der Waals surface area (Å²) in [6.07, 6.45) is 2.91. The molecule has 17 heavy (non-hydrogen) atoms. The summed E-state index contributed by atoms with van der Waals surface area (Å²) >= 11 is 5.68. The van der Waals surface area contributed by atoms with Crippen molar-refractivity contribution in [2.24, 2.45) is 0 Å². The van der Waals surface area contributed by atoms with Gasteiger partial charge in [-0.25, -0.2) is 9.78 Å². The van der Waals surface area contributed by atoms with E-state index >= 15 is 0 Å². The van der Waals surface area contributed by atoms with Crippen LogP contribution >= 0.6 is 11.6 Å². The first-order valence-electron chi connectivity index (χ1n) is 5.25. The summed E-state index contributed by atoms with van der Waals surface area (Å²) in [7, 11) is 0. The summed E-state index contributed by atoms with van der Waals surface area (Å²) in [5.74, 6) is 0.0927. The summed E-state index contributed by atoms with van der Waals surface area (Å²) in [6, 6.07) is -0.512. The average molecular weight is 258 g/mol. The molecule has 94 valence electrons. The molecule has 1 aromatic rings. The van der Waals surface area contributed by atoms with E-state index in [2.05, 4.69) is 15.3 Å². The molecular weight excluding hydrogens is 242 g/mol. The molecule has 0 aliphatic heterocycles. The Hall–Kier alpha value is -1.36. The molecule has 5 nitrogen and oxygen atoms in total. The molecule has 1 N–H and O–H groups in total. The van der Waals surface area contributed by atoms with E-state index in [0.29, 0.717) is 5.82 Å². The van der Waals surface area contributed by atoms with E-state index < -0.39 is 11.6 Å². The van der Waals surface area contributed by atoms with Crippen LogP contribution in [0.25, 0.3) is 0 Å². The van der Waals surface area contributed by atoms with Gasteiger partial charge in [0.05, 0.1) is 12.4 Å². The predicted molar refractivity (Wildman–Crippen MR) is 66.0 cm³/mol. The number of anilines is 1. The van der Waals surface area contributed by atoms with Crippen LogP contribution in [0.4, 0.5) is 5.82 Å². The van der Waals surface area contributed by atoms with Crippen molar-refractivity contribution < 1.29 is 9.53 Å². The van der Waals surface area contributed by atoms with Crippen LogP contribution in [-0.2, 0) is 9.53 Å². The zero-order chi connectivity index (χ0) is 13.1. The molecule has 0 aliphatic carbocycles. The van der Waals surface area contributed by atoms with Crippen LogP contribution in [0.2, 0.25) is 5.15 Å². The second kappa shape index (κ2) is 5.31.